The minimum atomic E-state index is -0.106. The maximum Gasteiger partial charge on any atom is 0.262 e. The molecule has 35 heavy (non-hydrogen) atoms. The van der Waals surface area contributed by atoms with Gasteiger partial charge in [-0.2, -0.15) is 0 Å². The minimum absolute atomic E-state index is 0.0376. The number of carbonyl (C=O) groups excluding carboxylic acids is 1. The lowest BCUT2D eigenvalue weighted by molar-refractivity contribution is 0.102. The van der Waals surface area contributed by atoms with Crippen LogP contribution in [0, 0.1) is 13.8 Å². The summed E-state index contributed by atoms with van der Waals surface area (Å²) >= 11 is 1.33. The molecular weight excluding hydrogens is 466 g/mol. The SMILES string of the molecule is COCCCn1c(C)cc(C(=O)CSc2nnc3n(CCCOC)c(=O)c4ccccc4n23)c1C. The fourth-order valence-electron chi connectivity index (χ4n) is 4.40. The molecule has 0 saturated heterocycles. The van der Waals surface area contributed by atoms with Gasteiger partial charge in [0.1, 0.15) is 0 Å². The molecule has 0 aliphatic carbocycles. The number of ether oxygens (including phenoxy) is 2. The molecule has 3 aromatic heterocycles. The Morgan fingerprint density at radius 2 is 1.69 bits per heavy atom. The molecule has 4 aromatic rings. The lowest BCUT2D eigenvalue weighted by Gasteiger charge is -2.11. The van der Waals surface area contributed by atoms with E-state index < -0.39 is 0 Å². The van der Waals surface area contributed by atoms with E-state index in [9.17, 15) is 9.59 Å². The number of aromatic nitrogens is 5. The van der Waals surface area contributed by atoms with Crippen LogP contribution in [0.15, 0.2) is 40.3 Å². The number of nitrogens with zero attached hydrogens (tertiary/aromatic N) is 5. The van der Waals surface area contributed by atoms with Crippen LogP contribution in [0.2, 0.25) is 0 Å². The van der Waals surface area contributed by atoms with Crippen molar-refractivity contribution < 1.29 is 14.3 Å². The molecule has 0 bridgehead atoms. The zero-order chi connectivity index (χ0) is 24.9. The monoisotopic (exact) mass is 497 g/mol. The quantitative estimate of drug-likeness (QED) is 0.168. The second-order valence-electron chi connectivity index (χ2n) is 8.43. The van der Waals surface area contributed by atoms with Crippen molar-refractivity contribution in [2.75, 3.05) is 33.2 Å². The Kier molecular flexibility index (Phi) is 8.04. The summed E-state index contributed by atoms with van der Waals surface area (Å²) in [6.45, 7) is 6.51. The van der Waals surface area contributed by atoms with E-state index in [1.54, 1.807) is 18.8 Å². The number of carbonyl (C=O) groups is 1. The Bertz CT molecular complexity index is 1400. The summed E-state index contributed by atoms with van der Waals surface area (Å²) in [7, 11) is 3.33. The smallest absolute Gasteiger partial charge is 0.262 e. The molecule has 9 nitrogen and oxygen atoms in total. The molecule has 0 atom stereocenters. The number of ketones is 1. The predicted molar refractivity (Wildman–Crippen MR) is 137 cm³/mol. The maximum atomic E-state index is 13.2. The van der Waals surface area contributed by atoms with Crippen LogP contribution in [0.5, 0.6) is 0 Å². The molecule has 4 rings (SSSR count). The number of hydrogen-bond acceptors (Lipinski definition) is 7. The summed E-state index contributed by atoms with van der Waals surface area (Å²) in [6, 6.07) is 9.37. The van der Waals surface area contributed by atoms with E-state index in [0.717, 1.165) is 35.4 Å². The summed E-state index contributed by atoms with van der Waals surface area (Å²) in [4.78, 5) is 26.3. The highest BCUT2D eigenvalue weighted by atomic mass is 32.2. The van der Waals surface area contributed by atoms with E-state index in [0.29, 0.717) is 42.5 Å². The number of hydrogen-bond donors (Lipinski definition) is 0. The lowest BCUT2D eigenvalue weighted by Crippen LogP contribution is -2.24. The van der Waals surface area contributed by atoms with Gasteiger partial charge in [-0.3, -0.25) is 18.6 Å². The second kappa shape index (κ2) is 11.2. The largest absolute Gasteiger partial charge is 0.385 e. The summed E-state index contributed by atoms with van der Waals surface area (Å²) in [5, 5.41) is 9.84. The van der Waals surface area contributed by atoms with E-state index in [4.69, 9.17) is 9.47 Å². The maximum absolute atomic E-state index is 13.2. The molecule has 0 N–H and O–H groups in total. The zero-order valence-electron chi connectivity index (χ0n) is 20.6. The molecule has 0 saturated carbocycles. The average Bonchev–Trinajstić information content (AvgIpc) is 3.41. The zero-order valence-corrected chi connectivity index (χ0v) is 21.4. The van der Waals surface area contributed by atoms with Crippen LogP contribution in [0.3, 0.4) is 0 Å². The van der Waals surface area contributed by atoms with Crippen molar-refractivity contribution in [3.05, 3.63) is 57.6 Å². The first kappa shape index (κ1) is 25.2. The van der Waals surface area contributed by atoms with E-state index >= 15 is 0 Å². The molecule has 3 heterocycles. The molecule has 10 heteroatoms. The van der Waals surface area contributed by atoms with Gasteiger partial charge < -0.3 is 14.0 Å². The number of aryl methyl sites for hydroxylation is 2. The first-order valence-corrected chi connectivity index (χ1v) is 12.6. The van der Waals surface area contributed by atoms with E-state index in [2.05, 4.69) is 14.8 Å². The topological polar surface area (TPSA) is 92.7 Å². The minimum Gasteiger partial charge on any atom is -0.385 e. The molecule has 0 aliphatic rings. The van der Waals surface area contributed by atoms with E-state index in [-0.39, 0.29) is 17.1 Å². The van der Waals surface area contributed by atoms with Crippen LogP contribution in [0.4, 0.5) is 0 Å². The third-order valence-electron chi connectivity index (χ3n) is 6.14. The van der Waals surface area contributed by atoms with Crippen molar-refractivity contribution in [2.24, 2.45) is 0 Å². The average molecular weight is 498 g/mol. The third-order valence-corrected chi connectivity index (χ3v) is 7.07. The van der Waals surface area contributed by atoms with Crippen LogP contribution >= 0.6 is 11.8 Å². The number of fused-ring (bicyclic) bond motifs is 3. The van der Waals surface area contributed by atoms with Gasteiger partial charge in [-0.15, -0.1) is 10.2 Å². The number of benzene rings is 1. The van der Waals surface area contributed by atoms with Gasteiger partial charge in [0.05, 0.1) is 16.7 Å². The first-order valence-electron chi connectivity index (χ1n) is 11.6. The van der Waals surface area contributed by atoms with Crippen LogP contribution in [0.25, 0.3) is 16.7 Å². The van der Waals surface area contributed by atoms with Gasteiger partial charge in [0.2, 0.25) is 5.78 Å². The Labute approximate surface area is 208 Å². The summed E-state index contributed by atoms with van der Waals surface area (Å²) in [5.41, 5.74) is 3.37. The van der Waals surface area contributed by atoms with Crippen molar-refractivity contribution in [2.45, 2.75) is 44.9 Å². The van der Waals surface area contributed by atoms with Gasteiger partial charge in [-0.1, -0.05) is 23.9 Å². The molecule has 186 valence electrons. The molecule has 0 unspecified atom stereocenters. The standard InChI is InChI=1S/C25H31N5O4S/c1-17-15-20(18(2)28(17)11-7-13-33-3)22(31)16-35-25-27-26-24-29(12-8-14-34-4)23(32)19-9-5-6-10-21(19)30(24)25/h5-6,9-10,15H,7-8,11-14,16H2,1-4H3. The molecule has 0 amide bonds. The normalized spacial score (nSPS) is 11.7. The summed E-state index contributed by atoms with van der Waals surface area (Å²) in [5.74, 6) is 0.729. The first-order chi connectivity index (χ1) is 17.0. The van der Waals surface area contributed by atoms with Gasteiger partial charge in [0.25, 0.3) is 5.56 Å². The Morgan fingerprint density at radius 1 is 1.00 bits per heavy atom. The van der Waals surface area contributed by atoms with Crippen LogP contribution in [0.1, 0.15) is 34.6 Å². The van der Waals surface area contributed by atoms with Crippen LogP contribution < -0.4 is 5.56 Å². The molecule has 0 aliphatic heterocycles. The van der Waals surface area contributed by atoms with Crippen molar-refractivity contribution in [3.63, 3.8) is 0 Å². The highest BCUT2D eigenvalue weighted by Gasteiger charge is 2.20. The van der Waals surface area contributed by atoms with E-state index in [1.165, 1.54) is 11.8 Å². The van der Waals surface area contributed by atoms with Crippen molar-refractivity contribution in [1.29, 1.82) is 0 Å². The number of rotatable bonds is 12. The predicted octanol–water partition coefficient (Wildman–Crippen LogP) is 3.51. The second-order valence-corrected chi connectivity index (χ2v) is 9.38. The third kappa shape index (κ3) is 5.05. The highest BCUT2D eigenvalue weighted by Crippen LogP contribution is 2.24. The van der Waals surface area contributed by atoms with Gasteiger partial charge >= 0.3 is 0 Å². The molecular formula is C25H31N5O4S. The lowest BCUT2D eigenvalue weighted by atomic mass is 10.2. The Hall–Kier alpha value is -2.95. The van der Waals surface area contributed by atoms with Crippen molar-refractivity contribution in [3.8, 4) is 0 Å². The molecule has 0 radical (unpaired) electrons. The van der Waals surface area contributed by atoms with Gasteiger partial charge in [0.15, 0.2) is 10.9 Å². The fourth-order valence-corrected chi connectivity index (χ4v) is 5.22. The summed E-state index contributed by atoms with van der Waals surface area (Å²) in [6.07, 6.45) is 1.57. The van der Waals surface area contributed by atoms with Crippen molar-refractivity contribution in [1.82, 2.24) is 23.7 Å². The van der Waals surface area contributed by atoms with Crippen LogP contribution in [-0.4, -0.2) is 62.7 Å². The Balaban J connectivity index is 1.63. The fraction of sp³-hybridized carbons (Fsp3) is 0.440. The van der Waals surface area contributed by atoms with Crippen molar-refractivity contribution >= 4 is 34.2 Å². The number of thioether (sulfide) groups is 1. The number of para-hydroxylation sites is 1. The van der Waals surface area contributed by atoms with Gasteiger partial charge in [-0.05, 0) is 44.9 Å². The molecule has 1 aromatic carbocycles. The Morgan fingerprint density at radius 3 is 2.40 bits per heavy atom. The molecule has 0 fully saturated rings. The van der Waals surface area contributed by atoms with E-state index in [1.807, 2.05) is 48.6 Å². The number of methoxy groups -OCH3 is 2. The highest BCUT2D eigenvalue weighted by molar-refractivity contribution is 7.99. The van der Waals surface area contributed by atoms with Crippen LogP contribution in [-0.2, 0) is 22.6 Å². The van der Waals surface area contributed by atoms with Gasteiger partial charge in [0, 0.05) is 57.5 Å². The van der Waals surface area contributed by atoms with Gasteiger partial charge in [-0.25, -0.2) is 0 Å². The molecule has 0 spiro atoms. The number of Topliss-reactive ketones (excluding diaryl/α,β-unsaturated/α-hetero) is 1. The summed E-state index contributed by atoms with van der Waals surface area (Å²) < 4.78 is 16.0.